The molecule has 0 atom stereocenters. The Morgan fingerprint density at radius 2 is 2.08 bits per heavy atom. The first kappa shape index (κ1) is 16.1. The minimum atomic E-state index is -0.0969. The van der Waals surface area contributed by atoms with Gasteiger partial charge in [-0.1, -0.05) is 0 Å². The Kier molecular flexibility index (Phi) is 5.18. The van der Waals surface area contributed by atoms with Crippen LogP contribution in [0.3, 0.4) is 0 Å². The van der Waals surface area contributed by atoms with Crippen LogP contribution in [-0.2, 0) is 6.42 Å². The number of rotatable bonds is 6. The smallest absolute Gasteiger partial charge is 0.251 e. The van der Waals surface area contributed by atoms with E-state index >= 15 is 0 Å². The van der Waals surface area contributed by atoms with Crippen molar-refractivity contribution in [2.45, 2.75) is 6.42 Å². The van der Waals surface area contributed by atoms with E-state index in [0.717, 1.165) is 22.0 Å². The summed E-state index contributed by atoms with van der Waals surface area (Å²) in [6.07, 6.45) is 4.24. The molecule has 6 heteroatoms. The van der Waals surface area contributed by atoms with E-state index in [-0.39, 0.29) is 5.91 Å². The molecule has 122 valence electrons. The van der Waals surface area contributed by atoms with Crippen LogP contribution in [0, 0.1) is 0 Å². The Balaban J connectivity index is 1.53. The second-order valence-corrected chi connectivity index (χ2v) is 5.98. The van der Waals surface area contributed by atoms with Gasteiger partial charge in [0.05, 0.1) is 12.8 Å². The molecule has 0 aliphatic rings. The average molecular weight is 339 g/mol. The molecule has 0 saturated carbocycles. The van der Waals surface area contributed by atoms with Crippen molar-refractivity contribution >= 4 is 17.2 Å². The number of ether oxygens (including phenoxy) is 1. The molecule has 0 aliphatic carbocycles. The van der Waals surface area contributed by atoms with E-state index in [0.29, 0.717) is 18.5 Å². The van der Waals surface area contributed by atoms with E-state index in [2.05, 4.69) is 15.3 Å². The second kappa shape index (κ2) is 7.70. The van der Waals surface area contributed by atoms with Crippen molar-refractivity contribution < 1.29 is 9.53 Å². The number of amides is 1. The van der Waals surface area contributed by atoms with Gasteiger partial charge in [-0.2, -0.15) is 0 Å². The third kappa shape index (κ3) is 3.97. The molecule has 0 radical (unpaired) electrons. The largest absolute Gasteiger partial charge is 0.497 e. The predicted octanol–water partition coefficient (Wildman–Crippen LogP) is 3.19. The fourth-order valence-corrected chi connectivity index (χ4v) is 3.04. The molecule has 1 amide bonds. The number of nitrogens with zero attached hydrogens (tertiary/aromatic N) is 2. The van der Waals surface area contributed by atoms with E-state index in [1.54, 1.807) is 55.1 Å². The molecular formula is C18H17N3O2S. The molecule has 0 bridgehead atoms. The van der Waals surface area contributed by atoms with Crippen LogP contribution in [0.4, 0.5) is 0 Å². The second-order valence-electron chi connectivity index (χ2n) is 5.12. The van der Waals surface area contributed by atoms with Gasteiger partial charge < -0.3 is 10.1 Å². The number of carbonyl (C=O) groups excluding carboxylic acids is 1. The summed E-state index contributed by atoms with van der Waals surface area (Å²) in [5.74, 6) is 0.636. The van der Waals surface area contributed by atoms with Gasteiger partial charge in [-0.3, -0.25) is 9.78 Å². The molecule has 0 aliphatic heterocycles. The van der Waals surface area contributed by atoms with Gasteiger partial charge >= 0.3 is 0 Å². The van der Waals surface area contributed by atoms with E-state index in [1.807, 2.05) is 17.5 Å². The Morgan fingerprint density at radius 1 is 1.25 bits per heavy atom. The van der Waals surface area contributed by atoms with Crippen LogP contribution < -0.4 is 10.1 Å². The number of pyridine rings is 1. The summed E-state index contributed by atoms with van der Waals surface area (Å²) in [7, 11) is 1.60. The molecule has 0 spiro atoms. The van der Waals surface area contributed by atoms with Gasteiger partial charge in [0, 0.05) is 41.9 Å². The fraction of sp³-hybridized carbons (Fsp3) is 0.167. The number of hydrogen-bond acceptors (Lipinski definition) is 5. The van der Waals surface area contributed by atoms with Crippen LogP contribution in [0.2, 0.25) is 0 Å². The van der Waals surface area contributed by atoms with Crippen LogP contribution in [0.1, 0.15) is 16.1 Å². The van der Waals surface area contributed by atoms with Gasteiger partial charge in [0.25, 0.3) is 5.91 Å². The third-order valence-corrected chi connectivity index (χ3v) is 4.42. The Labute approximate surface area is 144 Å². The van der Waals surface area contributed by atoms with Gasteiger partial charge in [0.2, 0.25) is 0 Å². The topological polar surface area (TPSA) is 64.1 Å². The Hall–Kier alpha value is -2.73. The molecule has 2 aromatic heterocycles. The average Bonchev–Trinajstić information content (AvgIpc) is 3.11. The highest BCUT2D eigenvalue weighted by Gasteiger charge is 2.07. The van der Waals surface area contributed by atoms with Gasteiger partial charge in [-0.25, -0.2) is 4.98 Å². The number of carbonyl (C=O) groups is 1. The lowest BCUT2D eigenvalue weighted by Crippen LogP contribution is -2.25. The maximum Gasteiger partial charge on any atom is 0.251 e. The molecule has 1 aromatic carbocycles. The van der Waals surface area contributed by atoms with Crippen molar-refractivity contribution in [3.63, 3.8) is 0 Å². The Morgan fingerprint density at radius 3 is 2.79 bits per heavy atom. The summed E-state index contributed by atoms with van der Waals surface area (Å²) in [5.41, 5.74) is 2.59. The van der Waals surface area contributed by atoms with E-state index < -0.39 is 0 Å². The van der Waals surface area contributed by atoms with Crippen LogP contribution in [0.5, 0.6) is 5.75 Å². The van der Waals surface area contributed by atoms with Crippen molar-refractivity contribution in [2.24, 2.45) is 0 Å². The molecule has 24 heavy (non-hydrogen) atoms. The first-order valence-electron chi connectivity index (χ1n) is 7.53. The van der Waals surface area contributed by atoms with Crippen molar-refractivity contribution in [2.75, 3.05) is 13.7 Å². The highest BCUT2D eigenvalue weighted by atomic mass is 32.1. The van der Waals surface area contributed by atoms with Gasteiger partial charge in [-0.15, -0.1) is 11.3 Å². The standard InChI is InChI=1S/C18H17N3O2S/c1-23-16-6-4-13(5-7-16)17(22)20-10-8-15-12-24-18(21-15)14-3-2-9-19-11-14/h2-7,9,11-12H,8,10H2,1H3,(H,20,22). The fourth-order valence-electron chi connectivity index (χ4n) is 2.19. The molecular weight excluding hydrogens is 322 g/mol. The monoisotopic (exact) mass is 339 g/mol. The quantitative estimate of drug-likeness (QED) is 0.749. The molecule has 0 unspecified atom stereocenters. The predicted molar refractivity (Wildman–Crippen MR) is 94.4 cm³/mol. The molecule has 2 heterocycles. The van der Waals surface area contributed by atoms with Crippen molar-refractivity contribution in [3.05, 3.63) is 65.4 Å². The first-order valence-corrected chi connectivity index (χ1v) is 8.41. The van der Waals surface area contributed by atoms with E-state index in [1.165, 1.54) is 0 Å². The summed E-state index contributed by atoms with van der Waals surface area (Å²) in [6, 6.07) is 10.9. The van der Waals surface area contributed by atoms with Crippen LogP contribution in [0.15, 0.2) is 54.2 Å². The zero-order chi connectivity index (χ0) is 16.8. The van der Waals surface area contributed by atoms with Crippen molar-refractivity contribution in [3.8, 4) is 16.3 Å². The molecule has 1 N–H and O–H groups in total. The van der Waals surface area contributed by atoms with Crippen molar-refractivity contribution in [1.29, 1.82) is 0 Å². The van der Waals surface area contributed by atoms with Gasteiger partial charge in [0.1, 0.15) is 10.8 Å². The highest BCUT2D eigenvalue weighted by Crippen LogP contribution is 2.22. The lowest BCUT2D eigenvalue weighted by Gasteiger charge is -2.05. The summed E-state index contributed by atoms with van der Waals surface area (Å²) in [4.78, 5) is 20.8. The number of hydrogen-bond donors (Lipinski definition) is 1. The minimum absolute atomic E-state index is 0.0969. The summed E-state index contributed by atoms with van der Waals surface area (Å²) in [6.45, 7) is 0.543. The number of methoxy groups -OCH3 is 1. The normalized spacial score (nSPS) is 10.4. The summed E-state index contributed by atoms with van der Waals surface area (Å²) in [5, 5.41) is 5.87. The lowest BCUT2D eigenvalue weighted by atomic mass is 10.2. The van der Waals surface area contributed by atoms with Crippen LogP contribution in [-0.4, -0.2) is 29.5 Å². The number of aromatic nitrogens is 2. The number of benzene rings is 1. The number of thiazole rings is 1. The highest BCUT2D eigenvalue weighted by molar-refractivity contribution is 7.13. The molecule has 0 saturated heterocycles. The molecule has 0 fully saturated rings. The zero-order valence-corrected chi connectivity index (χ0v) is 14.0. The van der Waals surface area contributed by atoms with Crippen molar-refractivity contribution in [1.82, 2.24) is 15.3 Å². The first-order chi connectivity index (χ1) is 11.8. The maximum absolute atomic E-state index is 12.1. The number of nitrogens with one attached hydrogen (secondary N) is 1. The van der Waals surface area contributed by atoms with Crippen LogP contribution in [0.25, 0.3) is 10.6 Å². The van der Waals surface area contributed by atoms with Crippen LogP contribution >= 0.6 is 11.3 Å². The van der Waals surface area contributed by atoms with Gasteiger partial charge in [0.15, 0.2) is 0 Å². The van der Waals surface area contributed by atoms with Gasteiger partial charge in [-0.05, 0) is 36.4 Å². The zero-order valence-electron chi connectivity index (χ0n) is 13.2. The lowest BCUT2D eigenvalue weighted by molar-refractivity contribution is 0.0954. The Bertz CT molecular complexity index is 801. The maximum atomic E-state index is 12.1. The van der Waals surface area contributed by atoms with E-state index in [9.17, 15) is 4.79 Å². The summed E-state index contributed by atoms with van der Waals surface area (Å²) >= 11 is 1.58. The van der Waals surface area contributed by atoms with E-state index in [4.69, 9.17) is 4.74 Å². The summed E-state index contributed by atoms with van der Waals surface area (Å²) < 4.78 is 5.08. The molecule has 3 aromatic rings. The molecule has 3 rings (SSSR count). The third-order valence-electron chi connectivity index (χ3n) is 3.48. The molecule has 5 nitrogen and oxygen atoms in total. The minimum Gasteiger partial charge on any atom is -0.497 e. The SMILES string of the molecule is COc1ccc(C(=O)NCCc2csc(-c3cccnc3)n2)cc1.